The minimum absolute atomic E-state index is 0.0955. The third-order valence-corrected chi connectivity index (χ3v) is 3.82. The van der Waals surface area contributed by atoms with E-state index in [1.807, 2.05) is 0 Å². The van der Waals surface area contributed by atoms with E-state index >= 15 is 0 Å². The molecule has 0 spiro atoms. The first kappa shape index (κ1) is 11.5. The first-order chi connectivity index (χ1) is 6.52. The fourth-order valence-electron chi connectivity index (χ4n) is 2.14. The Balaban J connectivity index is 2.54. The maximum Gasteiger partial charge on any atom is 0.0700 e. The largest absolute Gasteiger partial charge is 0.299 e. The van der Waals surface area contributed by atoms with Gasteiger partial charge in [-0.25, -0.2) is 0 Å². The Bertz CT molecular complexity index is 231. The lowest BCUT2D eigenvalue weighted by atomic mass is 9.92. The molecule has 80 valence electrons. The van der Waals surface area contributed by atoms with Crippen molar-refractivity contribution in [2.24, 2.45) is 11.3 Å². The average molecular weight is 194 g/mol. The molecule has 1 fully saturated rings. The Labute approximate surface area is 87.9 Å². The molecule has 0 aliphatic carbocycles. The first-order valence-corrected chi connectivity index (χ1v) is 5.67. The van der Waals surface area contributed by atoms with Crippen LogP contribution >= 0.6 is 0 Å². The van der Waals surface area contributed by atoms with Crippen molar-refractivity contribution in [1.29, 1.82) is 5.26 Å². The molecule has 0 radical (unpaired) electrons. The van der Waals surface area contributed by atoms with Crippen LogP contribution < -0.4 is 0 Å². The number of rotatable bonds is 3. The Morgan fingerprint density at radius 1 is 1.50 bits per heavy atom. The molecule has 0 amide bonds. The summed E-state index contributed by atoms with van der Waals surface area (Å²) in [7, 11) is 0. The zero-order valence-corrected chi connectivity index (χ0v) is 9.88. The lowest BCUT2D eigenvalue weighted by Gasteiger charge is -2.29. The van der Waals surface area contributed by atoms with Crippen molar-refractivity contribution in [2.75, 3.05) is 13.1 Å². The molecule has 1 heterocycles. The normalized spacial score (nSPS) is 32.5. The summed E-state index contributed by atoms with van der Waals surface area (Å²) >= 11 is 0. The Morgan fingerprint density at radius 2 is 2.14 bits per heavy atom. The van der Waals surface area contributed by atoms with Crippen molar-refractivity contribution in [3.05, 3.63) is 0 Å². The van der Waals surface area contributed by atoms with Gasteiger partial charge in [-0.2, -0.15) is 5.26 Å². The zero-order chi connectivity index (χ0) is 10.8. The van der Waals surface area contributed by atoms with E-state index in [0.29, 0.717) is 6.04 Å². The Kier molecular flexibility index (Phi) is 3.55. The van der Waals surface area contributed by atoms with Gasteiger partial charge >= 0.3 is 0 Å². The second-order valence-electron chi connectivity index (χ2n) is 5.02. The van der Waals surface area contributed by atoms with E-state index < -0.39 is 0 Å². The third kappa shape index (κ3) is 2.27. The number of hydrogen-bond donors (Lipinski definition) is 0. The summed E-state index contributed by atoms with van der Waals surface area (Å²) in [6.45, 7) is 11.0. The molecule has 1 saturated heterocycles. The quantitative estimate of drug-likeness (QED) is 0.690. The van der Waals surface area contributed by atoms with Crippen LogP contribution in [-0.4, -0.2) is 24.0 Å². The van der Waals surface area contributed by atoms with Crippen LogP contribution in [-0.2, 0) is 0 Å². The fraction of sp³-hybridized carbons (Fsp3) is 0.917. The maximum atomic E-state index is 9.04. The molecule has 3 atom stereocenters. The summed E-state index contributed by atoms with van der Waals surface area (Å²) in [6.07, 6.45) is 2.26. The van der Waals surface area contributed by atoms with E-state index in [1.165, 1.54) is 6.42 Å². The fourth-order valence-corrected chi connectivity index (χ4v) is 2.14. The number of nitriles is 1. The molecule has 0 saturated carbocycles. The highest BCUT2D eigenvalue weighted by Crippen LogP contribution is 2.31. The van der Waals surface area contributed by atoms with Crippen molar-refractivity contribution in [2.45, 2.75) is 46.6 Å². The maximum absolute atomic E-state index is 9.04. The van der Waals surface area contributed by atoms with Gasteiger partial charge < -0.3 is 0 Å². The summed E-state index contributed by atoms with van der Waals surface area (Å²) in [6, 6.07) is 3.06. The smallest absolute Gasteiger partial charge is 0.0700 e. The van der Waals surface area contributed by atoms with Crippen molar-refractivity contribution >= 4 is 0 Å². The molecule has 1 aliphatic rings. The van der Waals surface area contributed by atoms with Crippen molar-refractivity contribution in [3.63, 3.8) is 0 Å². The van der Waals surface area contributed by atoms with E-state index in [9.17, 15) is 0 Å². The number of likely N-dealkylation sites (tertiary alicyclic amines) is 1. The van der Waals surface area contributed by atoms with Crippen molar-refractivity contribution in [1.82, 2.24) is 4.90 Å². The van der Waals surface area contributed by atoms with Crippen molar-refractivity contribution in [3.8, 4) is 6.07 Å². The lowest BCUT2D eigenvalue weighted by molar-refractivity contribution is 0.183. The van der Waals surface area contributed by atoms with Gasteiger partial charge in [0.15, 0.2) is 0 Å². The molecule has 0 aromatic carbocycles. The van der Waals surface area contributed by atoms with Crippen LogP contribution in [0, 0.1) is 22.7 Å². The molecule has 0 N–H and O–H groups in total. The standard InChI is InChI=1S/C12H22N2/c1-5-10(2)11(3)14-7-6-12(4,8-13)9-14/h10-11H,5-7,9H2,1-4H3. The van der Waals surface area contributed by atoms with Gasteiger partial charge in [0.05, 0.1) is 11.5 Å². The van der Waals surface area contributed by atoms with Gasteiger partial charge in [0.2, 0.25) is 0 Å². The molecule has 2 heteroatoms. The zero-order valence-electron chi connectivity index (χ0n) is 9.88. The molecule has 0 aromatic heterocycles. The monoisotopic (exact) mass is 194 g/mol. The molecule has 1 aliphatic heterocycles. The van der Waals surface area contributed by atoms with E-state index in [2.05, 4.69) is 38.7 Å². The first-order valence-electron chi connectivity index (χ1n) is 5.67. The van der Waals surface area contributed by atoms with Gasteiger partial charge in [0.1, 0.15) is 0 Å². The van der Waals surface area contributed by atoms with Crippen LogP contribution in [0.15, 0.2) is 0 Å². The van der Waals surface area contributed by atoms with Gasteiger partial charge in [-0.1, -0.05) is 20.3 Å². The van der Waals surface area contributed by atoms with Crippen LogP contribution in [0.2, 0.25) is 0 Å². The Morgan fingerprint density at radius 3 is 2.57 bits per heavy atom. The highest BCUT2D eigenvalue weighted by atomic mass is 15.2. The lowest BCUT2D eigenvalue weighted by Crippen LogP contribution is -2.36. The van der Waals surface area contributed by atoms with E-state index in [1.54, 1.807) is 0 Å². The van der Waals surface area contributed by atoms with Crippen LogP contribution in [0.1, 0.15) is 40.5 Å². The predicted octanol–water partition coefficient (Wildman–Crippen LogP) is 2.66. The molecule has 14 heavy (non-hydrogen) atoms. The molecule has 2 nitrogen and oxygen atoms in total. The third-order valence-electron chi connectivity index (χ3n) is 3.82. The summed E-state index contributed by atoms with van der Waals surface area (Å²) < 4.78 is 0. The summed E-state index contributed by atoms with van der Waals surface area (Å²) in [5.74, 6) is 0.732. The molecular weight excluding hydrogens is 172 g/mol. The van der Waals surface area contributed by atoms with Crippen molar-refractivity contribution < 1.29 is 0 Å². The number of nitrogens with zero attached hydrogens (tertiary/aromatic N) is 2. The second kappa shape index (κ2) is 4.31. The summed E-state index contributed by atoms with van der Waals surface area (Å²) in [5, 5.41) is 9.04. The van der Waals surface area contributed by atoms with Crippen LogP contribution in [0.5, 0.6) is 0 Å². The van der Waals surface area contributed by atoms with E-state index in [-0.39, 0.29) is 5.41 Å². The second-order valence-corrected chi connectivity index (χ2v) is 5.02. The van der Waals surface area contributed by atoms with Gasteiger partial charge in [-0.15, -0.1) is 0 Å². The van der Waals surface area contributed by atoms with Gasteiger partial charge in [0.25, 0.3) is 0 Å². The minimum Gasteiger partial charge on any atom is -0.299 e. The highest BCUT2D eigenvalue weighted by Gasteiger charge is 2.36. The molecular formula is C12H22N2. The van der Waals surface area contributed by atoms with Crippen LogP contribution in [0.3, 0.4) is 0 Å². The highest BCUT2D eigenvalue weighted by molar-refractivity contribution is 5.03. The van der Waals surface area contributed by atoms with Gasteiger partial charge in [-0.3, -0.25) is 4.90 Å². The van der Waals surface area contributed by atoms with Crippen LogP contribution in [0.4, 0.5) is 0 Å². The van der Waals surface area contributed by atoms with Crippen LogP contribution in [0.25, 0.3) is 0 Å². The average Bonchev–Trinajstić information content (AvgIpc) is 2.59. The molecule has 0 bridgehead atoms. The predicted molar refractivity (Wildman–Crippen MR) is 58.8 cm³/mol. The molecule has 0 aromatic rings. The summed E-state index contributed by atoms with van der Waals surface area (Å²) in [4.78, 5) is 2.47. The Hall–Kier alpha value is -0.550. The van der Waals surface area contributed by atoms with Gasteiger partial charge in [-0.05, 0) is 26.2 Å². The number of hydrogen-bond acceptors (Lipinski definition) is 2. The molecule has 1 rings (SSSR count). The van der Waals surface area contributed by atoms with Gasteiger partial charge in [0, 0.05) is 19.1 Å². The van der Waals surface area contributed by atoms with E-state index in [4.69, 9.17) is 5.26 Å². The topological polar surface area (TPSA) is 27.0 Å². The minimum atomic E-state index is -0.0955. The molecule has 3 unspecified atom stereocenters. The SMILES string of the molecule is CCC(C)C(C)N1CCC(C)(C#N)C1. The summed E-state index contributed by atoms with van der Waals surface area (Å²) in [5.41, 5.74) is -0.0955. The van der Waals surface area contributed by atoms with E-state index in [0.717, 1.165) is 25.4 Å².